The first-order valence-corrected chi connectivity index (χ1v) is 10.4. The molecule has 6 heteroatoms. The summed E-state index contributed by atoms with van der Waals surface area (Å²) < 4.78 is 29.2. The fourth-order valence-electron chi connectivity index (χ4n) is 3.06. The van der Waals surface area contributed by atoms with E-state index in [1.807, 2.05) is 83.9 Å². The summed E-state index contributed by atoms with van der Waals surface area (Å²) in [4.78, 5) is 0. The van der Waals surface area contributed by atoms with E-state index in [0.717, 1.165) is 17.0 Å². The van der Waals surface area contributed by atoms with Gasteiger partial charge in [0.2, 0.25) is 0 Å². The Labute approximate surface area is 155 Å². The number of anilines is 1. The van der Waals surface area contributed by atoms with Crippen molar-refractivity contribution in [2.75, 3.05) is 31.4 Å². The average molecular weight is 372 g/mol. The minimum absolute atomic E-state index is 0.518. The molecule has 5 nitrogen and oxygen atoms in total. The molecular formula is C20H25N2O3P. The second-order valence-corrected chi connectivity index (χ2v) is 8.15. The van der Waals surface area contributed by atoms with Gasteiger partial charge in [-0.3, -0.25) is 4.67 Å². The minimum Gasteiger partial charge on any atom is -0.497 e. The van der Waals surface area contributed by atoms with Gasteiger partial charge in [-0.05, 0) is 30.3 Å². The lowest BCUT2D eigenvalue weighted by molar-refractivity contribution is 0.349. The van der Waals surface area contributed by atoms with Crippen molar-refractivity contribution in [3.8, 4) is 5.75 Å². The molecule has 0 saturated heterocycles. The van der Waals surface area contributed by atoms with Gasteiger partial charge in [-0.25, -0.2) is 9.24 Å². The predicted octanol–water partition coefficient (Wildman–Crippen LogP) is 5.02. The molecule has 0 fully saturated rings. The number of benzene rings is 2. The molecule has 1 heterocycles. The van der Waals surface area contributed by atoms with E-state index in [2.05, 4.69) is 0 Å². The molecule has 0 amide bonds. The molecule has 1 aliphatic heterocycles. The summed E-state index contributed by atoms with van der Waals surface area (Å²) in [5.41, 5.74) is 1.79. The highest BCUT2D eigenvalue weighted by atomic mass is 31.2. The molecule has 26 heavy (non-hydrogen) atoms. The summed E-state index contributed by atoms with van der Waals surface area (Å²) in [5.74, 6) is 1.44. The predicted molar refractivity (Wildman–Crippen MR) is 106 cm³/mol. The minimum atomic E-state index is -3.24. The Morgan fingerprint density at radius 2 is 1.73 bits per heavy atom. The molecule has 1 aliphatic rings. The average Bonchev–Trinajstić information content (AvgIpc) is 2.69. The summed E-state index contributed by atoms with van der Waals surface area (Å²) in [6, 6.07) is 17.4. The van der Waals surface area contributed by atoms with E-state index < -0.39 is 7.67 Å². The Morgan fingerprint density at radius 3 is 2.31 bits per heavy atom. The summed E-state index contributed by atoms with van der Waals surface area (Å²) in [5, 5.41) is 0. The van der Waals surface area contributed by atoms with Crippen LogP contribution in [0.15, 0.2) is 60.7 Å². The van der Waals surface area contributed by atoms with E-state index >= 15 is 0 Å². The van der Waals surface area contributed by atoms with Crippen molar-refractivity contribution in [2.45, 2.75) is 13.8 Å². The normalized spacial score (nSPS) is 19.8. The first kappa shape index (κ1) is 18.6. The van der Waals surface area contributed by atoms with Gasteiger partial charge >= 0.3 is 7.67 Å². The van der Waals surface area contributed by atoms with Crippen LogP contribution < -0.4 is 9.41 Å². The van der Waals surface area contributed by atoms with Crippen molar-refractivity contribution in [1.29, 1.82) is 0 Å². The SMILES string of the molecule is CCN(CC)[P@]1(=O)OC(c2ccccc2)=CCN1c1ccc(OC)cc1. The smallest absolute Gasteiger partial charge is 0.422 e. The van der Waals surface area contributed by atoms with Gasteiger partial charge in [-0.1, -0.05) is 44.2 Å². The van der Waals surface area contributed by atoms with Crippen molar-refractivity contribution in [1.82, 2.24) is 4.67 Å². The van der Waals surface area contributed by atoms with Crippen LogP contribution in [0, 0.1) is 0 Å². The van der Waals surface area contributed by atoms with Crippen LogP contribution in [-0.2, 0) is 9.09 Å². The zero-order valence-electron chi connectivity index (χ0n) is 15.5. The van der Waals surface area contributed by atoms with Crippen LogP contribution in [0.25, 0.3) is 5.76 Å². The van der Waals surface area contributed by atoms with E-state index in [-0.39, 0.29) is 0 Å². The summed E-state index contributed by atoms with van der Waals surface area (Å²) in [6.07, 6.45) is 1.99. The molecule has 0 N–H and O–H groups in total. The molecule has 2 aromatic rings. The maximum Gasteiger partial charge on any atom is 0.422 e. The molecule has 0 radical (unpaired) electrons. The molecule has 0 aromatic heterocycles. The lowest BCUT2D eigenvalue weighted by Gasteiger charge is -2.41. The summed E-state index contributed by atoms with van der Waals surface area (Å²) in [7, 11) is -1.61. The van der Waals surface area contributed by atoms with Crippen molar-refractivity contribution in [3.63, 3.8) is 0 Å². The molecule has 3 rings (SSSR count). The van der Waals surface area contributed by atoms with E-state index in [1.54, 1.807) is 7.11 Å². The maximum absolute atomic E-state index is 14.0. The molecule has 0 unspecified atom stereocenters. The summed E-state index contributed by atoms with van der Waals surface area (Å²) in [6.45, 7) is 5.80. The highest BCUT2D eigenvalue weighted by Crippen LogP contribution is 2.60. The number of hydrogen-bond donors (Lipinski definition) is 0. The van der Waals surface area contributed by atoms with Gasteiger partial charge < -0.3 is 9.26 Å². The van der Waals surface area contributed by atoms with Crippen LogP contribution in [0.2, 0.25) is 0 Å². The van der Waals surface area contributed by atoms with Crippen LogP contribution in [0.4, 0.5) is 5.69 Å². The first-order chi connectivity index (χ1) is 12.6. The second-order valence-electron chi connectivity index (χ2n) is 5.94. The number of methoxy groups -OCH3 is 1. The Kier molecular flexibility index (Phi) is 5.70. The van der Waals surface area contributed by atoms with Gasteiger partial charge in [0.25, 0.3) is 0 Å². The van der Waals surface area contributed by atoms with E-state index in [1.165, 1.54) is 0 Å². The number of hydrogen-bond acceptors (Lipinski definition) is 3. The van der Waals surface area contributed by atoms with Crippen LogP contribution >= 0.6 is 7.67 Å². The monoisotopic (exact) mass is 372 g/mol. The quantitative estimate of drug-likeness (QED) is 0.666. The molecule has 0 bridgehead atoms. The molecule has 0 aliphatic carbocycles. The maximum atomic E-state index is 14.0. The lowest BCUT2D eigenvalue weighted by Crippen LogP contribution is -2.35. The number of ether oxygens (including phenoxy) is 1. The van der Waals surface area contributed by atoms with E-state index in [9.17, 15) is 4.57 Å². The lowest BCUT2D eigenvalue weighted by atomic mass is 10.2. The Hall–Kier alpha value is -2.23. The largest absolute Gasteiger partial charge is 0.497 e. The topological polar surface area (TPSA) is 42.0 Å². The van der Waals surface area contributed by atoms with E-state index in [0.29, 0.717) is 25.4 Å². The Bertz CT molecular complexity index is 802. The van der Waals surface area contributed by atoms with Crippen molar-refractivity contribution >= 4 is 19.1 Å². The van der Waals surface area contributed by atoms with Crippen LogP contribution in [-0.4, -0.2) is 31.4 Å². The molecular weight excluding hydrogens is 347 g/mol. The third-order valence-corrected chi connectivity index (χ3v) is 7.21. The molecule has 2 aromatic carbocycles. The third-order valence-electron chi connectivity index (χ3n) is 4.49. The highest BCUT2D eigenvalue weighted by molar-refractivity contribution is 7.58. The van der Waals surface area contributed by atoms with Crippen molar-refractivity contribution in [2.24, 2.45) is 0 Å². The van der Waals surface area contributed by atoms with Crippen molar-refractivity contribution in [3.05, 3.63) is 66.2 Å². The van der Waals surface area contributed by atoms with E-state index in [4.69, 9.17) is 9.26 Å². The number of nitrogens with zero attached hydrogens (tertiary/aromatic N) is 2. The first-order valence-electron chi connectivity index (χ1n) is 8.85. The van der Waals surface area contributed by atoms with Gasteiger partial charge in [0.1, 0.15) is 11.5 Å². The summed E-state index contributed by atoms with van der Waals surface area (Å²) >= 11 is 0. The fourth-order valence-corrected chi connectivity index (χ4v) is 5.44. The zero-order valence-corrected chi connectivity index (χ0v) is 16.4. The molecule has 0 spiro atoms. The standard InChI is InChI=1S/C20H25N2O3P/c1-4-21(5-2)26(23)22(18-11-13-19(24-3)14-12-18)16-15-20(25-26)17-9-7-6-8-10-17/h6-15H,4-5,16H2,1-3H3/t26-/m0/s1. The Balaban J connectivity index is 2.01. The second kappa shape index (κ2) is 7.98. The Morgan fingerprint density at radius 1 is 1.08 bits per heavy atom. The third kappa shape index (κ3) is 3.50. The fraction of sp³-hybridized carbons (Fsp3) is 0.300. The van der Waals surface area contributed by atoms with Crippen LogP contribution in [0.3, 0.4) is 0 Å². The molecule has 0 saturated carbocycles. The molecule has 138 valence electrons. The van der Waals surface area contributed by atoms with Crippen LogP contribution in [0.5, 0.6) is 5.75 Å². The molecule has 1 atom stereocenters. The van der Waals surface area contributed by atoms with Gasteiger partial charge in [-0.15, -0.1) is 0 Å². The number of rotatable bonds is 6. The van der Waals surface area contributed by atoms with Crippen molar-refractivity contribution < 1.29 is 13.8 Å². The van der Waals surface area contributed by atoms with Gasteiger partial charge in [0, 0.05) is 24.3 Å². The van der Waals surface area contributed by atoms with Gasteiger partial charge in [0.05, 0.1) is 13.7 Å². The van der Waals surface area contributed by atoms with Gasteiger partial charge in [0.15, 0.2) is 0 Å². The zero-order chi connectivity index (χ0) is 18.6. The highest BCUT2D eigenvalue weighted by Gasteiger charge is 2.42. The van der Waals surface area contributed by atoms with Gasteiger partial charge in [-0.2, -0.15) is 0 Å². The van der Waals surface area contributed by atoms with Crippen LogP contribution in [0.1, 0.15) is 19.4 Å².